The topological polar surface area (TPSA) is 36.4 Å². The Morgan fingerprint density at radius 2 is 1.88 bits per heavy atom. The second kappa shape index (κ2) is 9.07. The quantitative estimate of drug-likeness (QED) is 0.444. The Hall–Kier alpha value is 0. The lowest BCUT2D eigenvalue weighted by Crippen LogP contribution is -2.38. The molecule has 96 valence electrons. The predicted molar refractivity (Wildman–Crippen MR) is 81.6 cm³/mol. The van der Waals surface area contributed by atoms with Crippen LogP contribution in [0.2, 0.25) is 0 Å². The zero-order chi connectivity index (χ0) is 11.1. The third-order valence-corrected chi connectivity index (χ3v) is 2.92. The van der Waals surface area contributed by atoms with E-state index in [1.54, 1.807) is 0 Å². The van der Waals surface area contributed by atoms with Crippen molar-refractivity contribution in [2.75, 3.05) is 13.1 Å². The minimum atomic E-state index is 0. The average molecular weight is 339 g/mol. The molecule has 0 atom stereocenters. The van der Waals surface area contributed by atoms with E-state index >= 15 is 0 Å². The molecule has 1 aliphatic rings. The van der Waals surface area contributed by atoms with Crippen molar-refractivity contribution in [1.82, 2.24) is 10.6 Å². The molecule has 1 rings (SSSR count). The van der Waals surface area contributed by atoms with Crippen molar-refractivity contribution < 1.29 is 0 Å². The highest BCUT2D eigenvalue weighted by molar-refractivity contribution is 14.0. The third-order valence-electron chi connectivity index (χ3n) is 2.92. The Balaban J connectivity index is 0.00000225. The molecule has 0 spiro atoms. The maximum atomic E-state index is 4.63. The van der Waals surface area contributed by atoms with Gasteiger partial charge in [-0.05, 0) is 25.7 Å². The van der Waals surface area contributed by atoms with Crippen LogP contribution in [0.15, 0.2) is 4.99 Å². The number of nitrogens with one attached hydrogen (secondary N) is 2. The largest absolute Gasteiger partial charge is 0.357 e. The summed E-state index contributed by atoms with van der Waals surface area (Å²) in [5.41, 5.74) is 0. The Morgan fingerprint density at radius 1 is 1.25 bits per heavy atom. The predicted octanol–water partition coefficient (Wildman–Crippen LogP) is 2.76. The van der Waals surface area contributed by atoms with Crippen molar-refractivity contribution >= 4 is 29.9 Å². The van der Waals surface area contributed by atoms with Crippen molar-refractivity contribution in [2.24, 2.45) is 10.9 Å². The minimum Gasteiger partial charge on any atom is -0.357 e. The number of hydrogen-bond acceptors (Lipinski definition) is 1. The molecule has 0 radical (unpaired) electrons. The van der Waals surface area contributed by atoms with Crippen LogP contribution in [0.3, 0.4) is 0 Å². The van der Waals surface area contributed by atoms with Crippen LogP contribution in [0.4, 0.5) is 0 Å². The van der Waals surface area contributed by atoms with E-state index in [2.05, 4.69) is 36.4 Å². The maximum Gasteiger partial charge on any atom is 0.191 e. The highest BCUT2D eigenvalue weighted by Gasteiger charge is 2.22. The standard InChI is InChI=1S/C12H25N3.HI/c1-4-10(5-2)9-14-12(13-6-3)15-11-7-8-11;/h10-11H,4-9H2,1-3H3,(H2,13,14,15);1H. The van der Waals surface area contributed by atoms with Crippen LogP contribution < -0.4 is 10.6 Å². The first-order valence-corrected chi connectivity index (χ1v) is 6.34. The van der Waals surface area contributed by atoms with Gasteiger partial charge in [0, 0.05) is 19.1 Å². The summed E-state index contributed by atoms with van der Waals surface area (Å²) < 4.78 is 0. The van der Waals surface area contributed by atoms with Crippen LogP contribution in [-0.4, -0.2) is 25.1 Å². The van der Waals surface area contributed by atoms with Crippen LogP contribution in [0, 0.1) is 5.92 Å². The van der Waals surface area contributed by atoms with E-state index in [4.69, 9.17) is 0 Å². The van der Waals surface area contributed by atoms with E-state index in [-0.39, 0.29) is 24.0 Å². The summed E-state index contributed by atoms with van der Waals surface area (Å²) in [5.74, 6) is 1.74. The molecule has 0 saturated heterocycles. The number of aliphatic imine (C=N–C) groups is 1. The Kier molecular flexibility index (Phi) is 9.07. The first-order valence-electron chi connectivity index (χ1n) is 6.34. The minimum absolute atomic E-state index is 0. The Morgan fingerprint density at radius 3 is 2.31 bits per heavy atom. The lowest BCUT2D eigenvalue weighted by molar-refractivity contribution is 0.504. The van der Waals surface area contributed by atoms with Gasteiger partial charge in [-0.1, -0.05) is 26.7 Å². The number of rotatable bonds is 6. The molecule has 2 N–H and O–H groups in total. The zero-order valence-electron chi connectivity index (χ0n) is 10.8. The van der Waals surface area contributed by atoms with Crippen molar-refractivity contribution in [3.8, 4) is 0 Å². The molecule has 0 aromatic heterocycles. The fourth-order valence-corrected chi connectivity index (χ4v) is 1.51. The molecule has 0 unspecified atom stereocenters. The Labute approximate surface area is 117 Å². The first kappa shape index (κ1) is 16.0. The van der Waals surface area contributed by atoms with E-state index in [0.717, 1.165) is 25.0 Å². The fraction of sp³-hybridized carbons (Fsp3) is 0.917. The molecule has 0 amide bonds. The van der Waals surface area contributed by atoms with Gasteiger partial charge in [0.25, 0.3) is 0 Å². The van der Waals surface area contributed by atoms with Gasteiger partial charge in [0.2, 0.25) is 0 Å². The summed E-state index contributed by atoms with van der Waals surface area (Å²) >= 11 is 0. The number of hydrogen-bond donors (Lipinski definition) is 2. The summed E-state index contributed by atoms with van der Waals surface area (Å²) in [7, 11) is 0. The molecular formula is C12H26IN3. The van der Waals surface area contributed by atoms with E-state index in [9.17, 15) is 0 Å². The first-order chi connectivity index (χ1) is 7.30. The molecule has 0 bridgehead atoms. The van der Waals surface area contributed by atoms with Gasteiger partial charge < -0.3 is 10.6 Å². The van der Waals surface area contributed by atoms with Crippen LogP contribution in [-0.2, 0) is 0 Å². The van der Waals surface area contributed by atoms with Gasteiger partial charge in [0.1, 0.15) is 0 Å². The van der Waals surface area contributed by atoms with E-state index in [1.807, 2.05) is 0 Å². The summed E-state index contributed by atoms with van der Waals surface area (Å²) in [5, 5.41) is 6.73. The highest BCUT2D eigenvalue weighted by atomic mass is 127. The molecule has 0 aliphatic heterocycles. The van der Waals surface area contributed by atoms with Crippen molar-refractivity contribution in [3.63, 3.8) is 0 Å². The molecule has 4 heteroatoms. The van der Waals surface area contributed by atoms with Crippen molar-refractivity contribution in [2.45, 2.75) is 52.5 Å². The summed E-state index contributed by atoms with van der Waals surface area (Å²) in [6.07, 6.45) is 5.05. The smallest absolute Gasteiger partial charge is 0.191 e. The maximum absolute atomic E-state index is 4.63. The monoisotopic (exact) mass is 339 g/mol. The van der Waals surface area contributed by atoms with E-state index in [1.165, 1.54) is 25.7 Å². The molecular weight excluding hydrogens is 313 g/mol. The van der Waals surface area contributed by atoms with E-state index in [0.29, 0.717) is 6.04 Å². The van der Waals surface area contributed by atoms with Crippen molar-refractivity contribution in [3.05, 3.63) is 0 Å². The molecule has 1 saturated carbocycles. The lowest BCUT2D eigenvalue weighted by atomic mass is 10.0. The second-order valence-corrected chi connectivity index (χ2v) is 4.32. The van der Waals surface area contributed by atoms with Gasteiger partial charge >= 0.3 is 0 Å². The molecule has 1 fully saturated rings. The molecule has 0 aromatic carbocycles. The zero-order valence-corrected chi connectivity index (χ0v) is 13.1. The average Bonchev–Trinajstić information content (AvgIpc) is 3.03. The van der Waals surface area contributed by atoms with Crippen LogP contribution in [0.1, 0.15) is 46.5 Å². The second-order valence-electron chi connectivity index (χ2n) is 4.32. The molecule has 16 heavy (non-hydrogen) atoms. The summed E-state index contributed by atoms with van der Waals surface area (Å²) in [6, 6.07) is 0.685. The molecule has 1 aliphatic carbocycles. The SMILES string of the molecule is CCNC(=NCC(CC)CC)NC1CC1.I. The van der Waals surface area contributed by atoms with Gasteiger partial charge in [0.15, 0.2) is 5.96 Å². The lowest BCUT2D eigenvalue weighted by Gasteiger charge is -2.13. The van der Waals surface area contributed by atoms with Crippen LogP contribution in [0.25, 0.3) is 0 Å². The third kappa shape index (κ3) is 6.55. The Bertz CT molecular complexity index is 198. The molecule has 0 aromatic rings. The summed E-state index contributed by atoms with van der Waals surface area (Å²) in [6.45, 7) is 8.49. The van der Waals surface area contributed by atoms with Gasteiger partial charge in [-0.2, -0.15) is 0 Å². The van der Waals surface area contributed by atoms with Crippen molar-refractivity contribution in [1.29, 1.82) is 0 Å². The van der Waals surface area contributed by atoms with E-state index < -0.39 is 0 Å². The fourth-order valence-electron chi connectivity index (χ4n) is 1.51. The normalized spacial score (nSPS) is 15.9. The highest BCUT2D eigenvalue weighted by Crippen LogP contribution is 2.18. The summed E-state index contributed by atoms with van der Waals surface area (Å²) in [4.78, 5) is 4.63. The van der Waals surface area contributed by atoms with Crippen LogP contribution in [0.5, 0.6) is 0 Å². The van der Waals surface area contributed by atoms with Gasteiger partial charge in [-0.15, -0.1) is 24.0 Å². The van der Waals surface area contributed by atoms with Crippen LogP contribution >= 0.6 is 24.0 Å². The molecule has 0 heterocycles. The number of guanidine groups is 1. The number of nitrogens with zero attached hydrogens (tertiary/aromatic N) is 1. The van der Waals surface area contributed by atoms with Gasteiger partial charge in [-0.3, -0.25) is 4.99 Å². The van der Waals surface area contributed by atoms with Gasteiger partial charge in [-0.25, -0.2) is 0 Å². The van der Waals surface area contributed by atoms with Gasteiger partial charge in [0.05, 0.1) is 0 Å². The number of halogens is 1. The molecule has 3 nitrogen and oxygen atoms in total.